The highest BCUT2D eigenvalue weighted by Gasteiger charge is 2.11. The highest BCUT2D eigenvalue weighted by molar-refractivity contribution is 5.94. The van der Waals surface area contributed by atoms with Gasteiger partial charge in [-0.15, -0.1) is 0 Å². The van der Waals surface area contributed by atoms with Gasteiger partial charge in [-0.05, 0) is 43.2 Å². The van der Waals surface area contributed by atoms with E-state index in [2.05, 4.69) is 10.4 Å². The predicted octanol–water partition coefficient (Wildman–Crippen LogP) is 2.48. The molecular formula is C19H19N3O2. The molecule has 122 valence electrons. The van der Waals surface area contributed by atoms with Crippen molar-refractivity contribution in [2.24, 2.45) is 7.05 Å². The van der Waals surface area contributed by atoms with Gasteiger partial charge in [-0.1, -0.05) is 24.3 Å². The lowest BCUT2D eigenvalue weighted by Crippen LogP contribution is -2.27. The molecule has 0 spiro atoms. The molecule has 1 heterocycles. The van der Waals surface area contributed by atoms with Gasteiger partial charge in [0.05, 0.1) is 17.6 Å². The molecule has 3 aromatic rings. The molecule has 1 aromatic heterocycles. The Kier molecular flexibility index (Phi) is 4.16. The summed E-state index contributed by atoms with van der Waals surface area (Å²) in [6.45, 7) is 4.26. The van der Waals surface area contributed by atoms with Crippen molar-refractivity contribution in [3.05, 3.63) is 75.2 Å². The Labute approximate surface area is 139 Å². The number of carbonyl (C=O) groups excluding carboxylic acids is 1. The molecule has 0 aliphatic heterocycles. The van der Waals surface area contributed by atoms with Crippen molar-refractivity contribution >= 4 is 16.7 Å². The third-order valence-corrected chi connectivity index (χ3v) is 4.22. The van der Waals surface area contributed by atoms with Crippen LogP contribution < -0.4 is 10.9 Å². The summed E-state index contributed by atoms with van der Waals surface area (Å²) in [7, 11) is 1.61. The fourth-order valence-electron chi connectivity index (χ4n) is 2.66. The number of hydrogen-bond acceptors (Lipinski definition) is 3. The minimum atomic E-state index is -0.155. The van der Waals surface area contributed by atoms with E-state index in [1.54, 1.807) is 13.1 Å². The lowest BCUT2D eigenvalue weighted by atomic mass is 10.1. The topological polar surface area (TPSA) is 64.0 Å². The summed E-state index contributed by atoms with van der Waals surface area (Å²) in [5, 5.41) is 8.54. The minimum absolute atomic E-state index is 0.144. The van der Waals surface area contributed by atoms with Crippen LogP contribution in [0.4, 0.5) is 0 Å². The number of nitrogens with zero attached hydrogens (tertiary/aromatic N) is 2. The number of nitrogens with one attached hydrogen (secondary N) is 1. The Balaban J connectivity index is 1.88. The van der Waals surface area contributed by atoms with Crippen LogP contribution in [-0.2, 0) is 13.6 Å². The summed E-state index contributed by atoms with van der Waals surface area (Å²) in [5.74, 6) is -0.155. The van der Waals surface area contributed by atoms with Gasteiger partial charge in [-0.2, -0.15) is 5.10 Å². The van der Waals surface area contributed by atoms with Crippen molar-refractivity contribution in [1.29, 1.82) is 0 Å². The van der Waals surface area contributed by atoms with Crippen LogP contribution in [0.25, 0.3) is 10.8 Å². The molecule has 0 saturated carbocycles. The molecule has 24 heavy (non-hydrogen) atoms. The first kappa shape index (κ1) is 15.9. The molecule has 0 bridgehead atoms. The molecule has 5 heteroatoms. The average Bonchev–Trinajstić information content (AvgIpc) is 2.59. The van der Waals surface area contributed by atoms with Crippen molar-refractivity contribution in [3.63, 3.8) is 0 Å². The molecule has 1 N–H and O–H groups in total. The van der Waals surface area contributed by atoms with Gasteiger partial charge in [0.15, 0.2) is 0 Å². The van der Waals surface area contributed by atoms with Gasteiger partial charge in [-0.3, -0.25) is 9.59 Å². The zero-order chi connectivity index (χ0) is 17.3. The van der Waals surface area contributed by atoms with E-state index >= 15 is 0 Å². The minimum Gasteiger partial charge on any atom is -0.346 e. The number of fused-ring (bicyclic) bond motifs is 1. The smallest absolute Gasteiger partial charge is 0.274 e. The molecule has 2 aromatic carbocycles. The van der Waals surface area contributed by atoms with E-state index in [0.29, 0.717) is 16.6 Å². The van der Waals surface area contributed by atoms with E-state index in [1.165, 1.54) is 4.68 Å². The van der Waals surface area contributed by atoms with E-state index in [0.717, 1.165) is 16.5 Å². The molecule has 5 nitrogen and oxygen atoms in total. The largest absolute Gasteiger partial charge is 0.346 e. The number of amides is 1. The molecule has 0 aliphatic rings. The lowest BCUT2D eigenvalue weighted by molar-refractivity contribution is 0.0950. The molecule has 0 saturated heterocycles. The van der Waals surface area contributed by atoms with Gasteiger partial charge in [0, 0.05) is 18.0 Å². The van der Waals surface area contributed by atoms with Gasteiger partial charge in [0.2, 0.25) is 0 Å². The van der Waals surface area contributed by atoms with E-state index < -0.39 is 0 Å². The second-order valence-corrected chi connectivity index (χ2v) is 5.90. The molecule has 0 aliphatic carbocycles. The van der Waals surface area contributed by atoms with Crippen LogP contribution in [0.1, 0.15) is 27.2 Å². The number of hydrogen-bond donors (Lipinski definition) is 1. The second kappa shape index (κ2) is 6.28. The van der Waals surface area contributed by atoms with Gasteiger partial charge in [-0.25, -0.2) is 4.68 Å². The maximum absolute atomic E-state index is 12.4. The van der Waals surface area contributed by atoms with Crippen molar-refractivity contribution in [2.45, 2.75) is 20.4 Å². The Morgan fingerprint density at radius 3 is 2.50 bits per heavy atom. The molecule has 0 atom stereocenters. The quantitative estimate of drug-likeness (QED) is 0.806. The summed E-state index contributed by atoms with van der Waals surface area (Å²) in [6, 6.07) is 12.9. The van der Waals surface area contributed by atoms with Gasteiger partial charge < -0.3 is 5.32 Å². The molecule has 0 fully saturated rings. The fraction of sp³-hybridized carbons (Fsp3) is 0.211. The van der Waals surface area contributed by atoms with Gasteiger partial charge in [0.25, 0.3) is 11.5 Å². The van der Waals surface area contributed by atoms with Crippen molar-refractivity contribution in [2.75, 3.05) is 0 Å². The average molecular weight is 321 g/mol. The van der Waals surface area contributed by atoms with E-state index in [4.69, 9.17) is 0 Å². The monoisotopic (exact) mass is 321 g/mol. The summed E-state index contributed by atoms with van der Waals surface area (Å²) in [4.78, 5) is 24.5. The third kappa shape index (κ3) is 2.93. The third-order valence-electron chi connectivity index (χ3n) is 4.22. The summed E-state index contributed by atoms with van der Waals surface area (Å²) >= 11 is 0. The van der Waals surface area contributed by atoms with E-state index in [1.807, 2.05) is 50.2 Å². The lowest BCUT2D eigenvalue weighted by Gasteiger charge is -2.10. The molecule has 0 unspecified atom stereocenters. The summed E-state index contributed by atoms with van der Waals surface area (Å²) in [5.41, 5.74) is 3.37. The first-order valence-electron chi connectivity index (χ1n) is 7.78. The Morgan fingerprint density at radius 1 is 1.08 bits per heavy atom. The van der Waals surface area contributed by atoms with Crippen LogP contribution in [0.15, 0.2) is 47.3 Å². The highest BCUT2D eigenvalue weighted by atomic mass is 16.1. The van der Waals surface area contributed by atoms with Crippen molar-refractivity contribution < 1.29 is 4.79 Å². The molecule has 3 rings (SSSR count). The maximum Gasteiger partial charge on any atom is 0.274 e. The predicted molar refractivity (Wildman–Crippen MR) is 94.1 cm³/mol. The normalized spacial score (nSPS) is 10.8. The Hall–Kier alpha value is -2.95. The fourth-order valence-corrected chi connectivity index (χ4v) is 2.66. The molecule has 0 radical (unpaired) electrons. The van der Waals surface area contributed by atoms with Crippen LogP contribution in [0, 0.1) is 13.8 Å². The zero-order valence-electron chi connectivity index (χ0n) is 14.0. The van der Waals surface area contributed by atoms with Crippen LogP contribution >= 0.6 is 0 Å². The van der Waals surface area contributed by atoms with Crippen molar-refractivity contribution in [3.8, 4) is 0 Å². The van der Waals surface area contributed by atoms with Gasteiger partial charge in [0.1, 0.15) is 0 Å². The Bertz CT molecular complexity index is 990. The second-order valence-electron chi connectivity index (χ2n) is 5.90. The maximum atomic E-state index is 12.4. The van der Waals surface area contributed by atoms with Gasteiger partial charge >= 0.3 is 0 Å². The highest BCUT2D eigenvalue weighted by Crippen LogP contribution is 2.13. The number of carbonyl (C=O) groups is 1. The Morgan fingerprint density at radius 2 is 1.79 bits per heavy atom. The molecular weight excluding hydrogens is 302 g/mol. The van der Waals surface area contributed by atoms with E-state index in [-0.39, 0.29) is 18.0 Å². The zero-order valence-corrected chi connectivity index (χ0v) is 14.0. The number of rotatable bonds is 3. The summed E-state index contributed by atoms with van der Waals surface area (Å²) in [6.07, 6.45) is 0. The first-order chi connectivity index (χ1) is 11.5. The van der Waals surface area contributed by atoms with Crippen molar-refractivity contribution in [1.82, 2.24) is 15.1 Å². The number of benzene rings is 2. The van der Waals surface area contributed by atoms with E-state index in [9.17, 15) is 9.59 Å². The molecule has 1 amide bonds. The summed E-state index contributed by atoms with van der Waals surface area (Å²) < 4.78 is 1.31. The first-order valence-corrected chi connectivity index (χ1v) is 7.78. The van der Waals surface area contributed by atoms with Crippen LogP contribution in [0.2, 0.25) is 0 Å². The SMILES string of the molecule is Cc1ccc(C(=O)NCc2nn(C)c(=O)c3ccccc23)cc1C. The standard InChI is InChI=1S/C19H19N3O2/c1-12-8-9-14(10-13(12)2)18(23)20-11-17-15-6-4-5-7-16(15)19(24)22(3)21-17/h4-10H,11H2,1-3H3,(H,20,23). The van der Waals surface area contributed by atoms with Crippen LogP contribution in [0.3, 0.4) is 0 Å². The number of aromatic nitrogens is 2. The van der Waals surface area contributed by atoms with Crippen LogP contribution in [0.5, 0.6) is 0 Å². The van der Waals surface area contributed by atoms with Crippen LogP contribution in [-0.4, -0.2) is 15.7 Å². The number of aryl methyl sites for hydroxylation is 3.